The predicted molar refractivity (Wildman–Crippen MR) is 77.8 cm³/mol. The van der Waals surface area contributed by atoms with Crippen LogP contribution >= 0.6 is 11.6 Å². The molecule has 6 heteroatoms. The Hall–Kier alpha value is -1.62. The molecule has 20 heavy (non-hydrogen) atoms. The minimum absolute atomic E-state index is 0.142. The van der Waals surface area contributed by atoms with Crippen LogP contribution in [0.15, 0.2) is 18.3 Å². The third-order valence-electron chi connectivity index (χ3n) is 3.65. The molecule has 1 fully saturated rings. The lowest BCUT2D eigenvalue weighted by Gasteiger charge is -2.16. The van der Waals surface area contributed by atoms with Gasteiger partial charge >= 0.3 is 0 Å². The summed E-state index contributed by atoms with van der Waals surface area (Å²) in [7, 11) is 0. The van der Waals surface area contributed by atoms with Gasteiger partial charge in [-0.05, 0) is 25.0 Å². The molecule has 0 unspecified atom stereocenters. The number of aryl methyl sites for hydroxylation is 1. The predicted octanol–water partition coefficient (Wildman–Crippen LogP) is 1.83. The molecule has 1 aliphatic heterocycles. The molecule has 0 radical (unpaired) electrons. The van der Waals surface area contributed by atoms with Crippen LogP contribution in [0, 0.1) is 0 Å². The Morgan fingerprint density at radius 3 is 2.90 bits per heavy atom. The number of likely N-dealkylation sites (tertiary alicyclic amines) is 1. The van der Waals surface area contributed by atoms with Gasteiger partial charge in [-0.25, -0.2) is 9.97 Å². The number of carbonyl (C=O) groups is 1. The van der Waals surface area contributed by atoms with Gasteiger partial charge in [0.2, 0.25) is 5.91 Å². The standard InChI is InChI=1S/C14H17ClN4O/c15-6-5-12-17-11-4-3-7-16-14(11)19(12)10-13(20)18-8-1-2-9-18/h3-4,7H,1-2,5-6,8-10H2. The van der Waals surface area contributed by atoms with E-state index < -0.39 is 0 Å². The fraction of sp³-hybridized carbons (Fsp3) is 0.500. The highest BCUT2D eigenvalue weighted by Gasteiger charge is 2.20. The molecule has 3 heterocycles. The van der Waals surface area contributed by atoms with E-state index in [1.807, 2.05) is 21.6 Å². The molecule has 1 saturated heterocycles. The first-order chi connectivity index (χ1) is 9.79. The van der Waals surface area contributed by atoms with E-state index in [-0.39, 0.29) is 5.91 Å². The minimum atomic E-state index is 0.142. The Kier molecular flexibility index (Phi) is 3.87. The first-order valence-electron chi connectivity index (χ1n) is 6.93. The average molecular weight is 293 g/mol. The van der Waals surface area contributed by atoms with Gasteiger partial charge in [0.15, 0.2) is 5.65 Å². The van der Waals surface area contributed by atoms with Crippen LogP contribution in [0.3, 0.4) is 0 Å². The molecule has 3 rings (SSSR count). The summed E-state index contributed by atoms with van der Waals surface area (Å²) in [5, 5.41) is 0. The molecule has 0 saturated carbocycles. The maximum Gasteiger partial charge on any atom is 0.242 e. The zero-order valence-electron chi connectivity index (χ0n) is 11.3. The van der Waals surface area contributed by atoms with Crippen LogP contribution in [-0.2, 0) is 17.8 Å². The van der Waals surface area contributed by atoms with Gasteiger partial charge in [0, 0.05) is 31.6 Å². The molecule has 0 aromatic carbocycles. The van der Waals surface area contributed by atoms with Crippen LogP contribution in [0.5, 0.6) is 0 Å². The Bertz CT molecular complexity index is 619. The van der Waals surface area contributed by atoms with Crippen molar-refractivity contribution in [2.24, 2.45) is 0 Å². The minimum Gasteiger partial charge on any atom is -0.341 e. The van der Waals surface area contributed by atoms with E-state index in [0.717, 1.165) is 42.9 Å². The largest absolute Gasteiger partial charge is 0.341 e. The van der Waals surface area contributed by atoms with E-state index in [1.165, 1.54) is 0 Å². The highest BCUT2D eigenvalue weighted by Crippen LogP contribution is 2.16. The third-order valence-corrected chi connectivity index (χ3v) is 3.84. The van der Waals surface area contributed by atoms with Crippen LogP contribution in [0.1, 0.15) is 18.7 Å². The number of halogens is 1. The van der Waals surface area contributed by atoms with E-state index in [4.69, 9.17) is 11.6 Å². The van der Waals surface area contributed by atoms with Gasteiger partial charge in [0.1, 0.15) is 17.9 Å². The smallest absolute Gasteiger partial charge is 0.242 e. The second-order valence-electron chi connectivity index (χ2n) is 4.99. The number of hydrogen-bond acceptors (Lipinski definition) is 3. The summed E-state index contributed by atoms with van der Waals surface area (Å²) in [5.74, 6) is 1.46. The summed E-state index contributed by atoms with van der Waals surface area (Å²) in [5.41, 5.74) is 1.59. The molecule has 5 nitrogen and oxygen atoms in total. The molecule has 2 aromatic rings. The monoisotopic (exact) mass is 292 g/mol. The van der Waals surface area contributed by atoms with Gasteiger partial charge in [-0.2, -0.15) is 0 Å². The van der Waals surface area contributed by atoms with E-state index in [9.17, 15) is 4.79 Å². The Morgan fingerprint density at radius 1 is 1.35 bits per heavy atom. The van der Waals surface area contributed by atoms with E-state index in [2.05, 4.69) is 9.97 Å². The summed E-state index contributed by atoms with van der Waals surface area (Å²) in [6.07, 6.45) is 4.57. The van der Waals surface area contributed by atoms with Crippen LogP contribution in [0.25, 0.3) is 11.2 Å². The zero-order chi connectivity index (χ0) is 13.9. The van der Waals surface area contributed by atoms with E-state index >= 15 is 0 Å². The lowest BCUT2D eigenvalue weighted by Crippen LogP contribution is -2.31. The number of fused-ring (bicyclic) bond motifs is 1. The SMILES string of the molecule is O=C(Cn1c(CCCl)nc2cccnc21)N1CCCC1. The highest BCUT2D eigenvalue weighted by atomic mass is 35.5. The van der Waals surface area contributed by atoms with E-state index in [1.54, 1.807) is 6.20 Å². The number of rotatable bonds is 4. The molecular weight excluding hydrogens is 276 g/mol. The number of pyridine rings is 1. The van der Waals surface area contributed by atoms with Crippen molar-refractivity contribution in [3.05, 3.63) is 24.2 Å². The first kappa shape index (κ1) is 13.4. The fourth-order valence-corrected chi connectivity index (χ4v) is 2.82. The maximum absolute atomic E-state index is 12.3. The lowest BCUT2D eigenvalue weighted by molar-refractivity contribution is -0.130. The van der Waals surface area contributed by atoms with Crippen LogP contribution in [0.2, 0.25) is 0 Å². The molecule has 0 spiro atoms. The van der Waals surface area contributed by atoms with E-state index in [0.29, 0.717) is 18.8 Å². The lowest BCUT2D eigenvalue weighted by atomic mass is 10.4. The van der Waals surface area contributed by atoms with Crippen LogP contribution < -0.4 is 0 Å². The molecule has 2 aromatic heterocycles. The summed E-state index contributed by atoms with van der Waals surface area (Å²) in [4.78, 5) is 23.1. The number of amides is 1. The van der Waals surface area contributed by atoms with Crippen molar-refractivity contribution in [3.8, 4) is 0 Å². The van der Waals surface area contributed by atoms with Gasteiger partial charge in [-0.15, -0.1) is 11.6 Å². The summed E-state index contributed by atoms with van der Waals surface area (Å²) in [6.45, 7) is 2.03. The van der Waals surface area contributed by atoms with Crippen molar-refractivity contribution < 1.29 is 4.79 Å². The molecule has 0 atom stereocenters. The number of nitrogens with zero attached hydrogens (tertiary/aromatic N) is 4. The first-order valence-corrected chi connectivity index (χ1v) is 7.47. The quantitative estimate of drug-likeness (QED) is 0.808. The van der Waals surface area contributed by atoms with Crippen LogP contribution in [-0.4, -0.2) is 44.3 Å². The van der Waals surface area contributed by atoms with Crippen molar-refractivity contribution in [1.29, 1.82) is 0 Å². The molecule has 106 valence electrons. The topological polar surface area (TPSA) is 51.0 Å². The maximum atomic E-state index is 12.3. The Labute approximate surface area is 122 Å². The normalized spacial score (nSPS) is 15.2. The molecule has 0 N–H and O–H groups in total. The summed E-state index contributed by atoms with van der Waals surface area (Å²) < 4.78 is 1.90. The summed E-state index contributed by atoms with van der Waals surface area (Å²) >= 11 is 5.83. The molecule has 1 amide bonds. The van der Waals surface area contributed by atoms with Gasteiger partial charge in [0.25, 0.3) is 0 Å². The number of carbonyl (C=O) groups excluding carboxylic acids is 1. The highest BCUT2D eigenvalue weighted by molar-refractivity contribution is 6.17. The fourth-order valence-electron chi connectivity index (χ4n) is 2.65. The Balaban J connectivity index is 1.91. The van der Waals surface area contributed by atoms with Gasteiger partial charge in [-0.1, -0.05) is 0 Å². The van der Waals surface area contributed by atoms with Crippen molar-refractivity contribution in [2.45, 2.75) is 25.8 Å². The zero-order valence-corrected chi connectivity index (χ0v) is 12.0. The second kappa shape index (κ2) is 5.79. The second-order valence-corrected chi connectivity index (χ2v) is 5.37. The molecule has 1 aliphatic rings. The van der Waals surface area contributed by atoms with Gasteiger partial charge < -0.3 is 9.47 Å². The van der Waals surface area contributed by atoms with Gasteiger partial charge in [-0.3, -0.25) is 4.79 Å². The number of imidazole rings is 1. The summed E-state index contributed by atoms with van der Waals surface area (Å²) in [6, 6.07) is 3.77. The number of aromatic nitrogens is 3. The van der Waals surface area contributed by atoms with Crippen molar-refractivity contribution in [2.75, 3.05) is 19.0 Å². The Morgan fingerprint density at radius 2 is 2.15 bits per heavy atom. The van der Waals surface area contributed by atoms with Crippen molar-refractivity contribution in [1.82, 2.24) is 19.4 Å². The van der Waals surface area contributed by atoms with Crippen LogP contribution in [0.4, 0.5) is 0 Å². The van der Waals surface area contributed by atoms with Crippen molar-refractivity contribution >= 4 is 28.7 Å². The molecular formula is C14H17ClN4O. The number of alkyl halides is 1. The molecule has 0 aliphatic carbocycles. The number of hydrogen-bond donors (Lipinski definition) is 0. The van der Waals surface area contributed by atoms with Gasteiger partial charge in [0.05, 0.1) is 0 Å². The third kappa shape index (κ3) is 2.50. The average Bonchev–Trinajstić information content (AvgIpc) is 3.08. The molecule has 0 bridgehead atoms. The van der Waals surface area contributed by atoms with Crippen molar-refractivity contribution in [3.63, 3.8) is 0 Å².